The van der Waals surface area contributed by atoms with Crippen molar-refractivity contribution in [3.63, 3.8) is 0 Å². The summed E-state index contributed by atoms with van der Waals surface area (Å²) in [5, 5.41) is 2.23. The Balaban J connectivity index is 1.10. The third kappa shape index (κ3) is 7.13. The van der Waals surface area contributed by atoms with Gasteiger partial charge in [0.05, 0.1) is 22.2 Å². The van der Waals surface area contributed by atoms with Gasteiger partial charge in [-0.1, -0.05) is 214 Å². The lowest BCUT2D eigenvalue weighted by molar-refractivity contribution is 0.590. The lowest BCUT2D eigenvalue weighted by Crippen LogP contribution is -2.62. The summed E-state index contributed by atoms with van der Waals surface area (Å²) < 4.78 is 7.13. The maximum absolute atomic E-state index is 7.13. The quantitative estimate of drug-likeness (QED) is 0.155. The zero-order valence-electron chi connectivity index (χ0n) is 46.2. The number of fused-ring (bicyclic) bond motifs is 10. The third-order valence-electron chi connectivity index (χ3n) is 17.2. The molecule has 0 bridgehead atoms. The molecule has 0 amide bonds. The third-order valence-corrected chi connectivity index (χ3v) is 17.2. The molecule has 0 aliphatic carbocycles. The summed E-state index contributed by atoms with van der Waals surface area (Å²) in [5.41, 5.74) is 23.9. The molecule has 0 saturated carbocycles. The number of para-hydroxylation sites is 3. The summed E-state index contributed by atoms with van der Waals surface area (Å²) in [6.45, 7) is 20.4. The van der Waals surface area contributed by atoms with Crippen LogP contribution >= 0.6 is 0 Å². The van der Waals surface area contributed by atoms with Gasteiger partial charge < -0.3 is 19.0 Å². The zero-order valence-corrected chi connectivity index (χ0v) is 46.2. The first-order valence-corrected chi connectivity index (χ1v) is 27.8. The Hall–Kier alpha value is -8.54. The minimum Gasteiger partial charge on any atom is -0.456 e. The second-order valence-electron chi connectivity index (χ2n) is 24.9. The molecule has 10 aromatic carbocycles. The average Bonchev–Trinajstić information content (AvgIpc) is 3.90. The van der Waals surface area contributed by atoms with Gasteiger partial charge in [-0.15, -0.1) is 0 Å². The number of hydrogen-bond acceptors (Lipinski definition) is 4. The molecule has 0 spiro atoms. The molecule has 380 valence electrons. The number of furan rings is 1. The molecule has 14 rings (SSSR count). The van der Waals surface area contributed by atoms with Crippen molar-refractivity contribution < 1.29 is 4.42 Å². The smallest absolute Gasteiger partial charge is 0.333 e. The van der Waals surface area contributed by atoms with E-state index in [4.69, 9.17) is 4.42 Å². The van der Waals surface area contributed by atoms with Crippen LogP contribution in [-0.2, 0) is 21.7 Å². The van der Waals surface area contributed by atoms with Crippen molar-refractivity contribution >= 4 is 85.2 Å². The molecule has 0 radical (unpaired) electrons. The summed E-state index contributed by atoms with van der Waals surface area (Å²) >= 11 is 0. The van der Waals surface area contributed by atoms with Gasteiger partial charge in [0, 0.05) is 45.1 Å². The summed E-state index contributed by atoms with van der Waals surface area (Å²) in [7, 11) is 0. The normalized spacial score (nSPS) is 14.2. The highest BCUT2D eigenvalue weighted by atomic mass is 16.3. The van der Waals surface area contributed by atoms with Gasteiger partial charge >= 0.3 is 6.85 Å². The van der Waals surface area contributed by atoms with Crippen LogP contribution in [0.3, 0.4) is 0 Å². The summed E-state index contributed by atoms with van der Waals surface area (Å²) in [6, 6.07) is 84.7. The molecule has 0 fully saturated rings. The fourth-order valence-corrected chi connectivity index (χ4v) is 13.3. The van der Waals surface area contributed by atoms with E-state index in [2.05, 4.69) is 301 Å². The highest BCUT2D eigenvalue weighted by Gasteiger charge is 2.53. The Labute approximate surface area is 460 Å². The van der Waals surface area contributed by atoms with Crippen molar-refractivity contribution in [2.75, 3.05) is 14.6 Å². The van der Waals surface area contributed by atoms with Crippen LogP contribution in [0.2, 0.25) is 0 Å². The molecule has 11 aromatic rings. The van der Waals surface area contributed by atoms with E-state index in [1.807, 2.05) is 0 Å². The van der Waals surface area contributed by atoms with Crippen LogP contribution in [-0.4, -0.2) is 6.85 Å². The number of hydrogen-bond donors (Lipinski definition) is 0. The molecular weight excluding hydrogens is 946 g/mol. The van der Waals surface area contributed by atoms with Crippen LogP contribution in [0.15, 0.2) is 229 Å². The Morgan fingerprint density at radius 2 is 0.949 bits per heavy atom. The van der Waals surface area contributed by atoms with Crippen molar-refractivity contribution in [1.82, 2.24) is 0 Å². The van der Waals surface area contributed by atoms with Gasteiger partial charge in [-0.2, -0.15) is 0 Å². The minimum absolute atomic E-state index is 0.0157. The first-order valence-electron chi connectivity index (χ1n) is 27.8. The largest absolute Gasteiger partial charge is 0.456 e. The maximum Gasteiger partial charge on any atom is 0.333 e. The molecule has 1 aromatic heterocycles. The number of benzene rings is 10. The molecule has 4 heterocycles. The zero-order chi connectivity index (χ0) is 53.5. The predicted octanol–water partition coefficient (Wildman–Crippen LogP) is 18.4. The molecule has 0 N–H and O–H groups in total. The van der Waals surface area contributed by atoms with Crippen LogP contribution in [0.5, 0.6) is 0 Å². The number of rotatable bonds is 6. The maximum atomic E-state index is 7.13. The Morgan fingerprint density at radius 3 is 1.55 bits per heavy atom. The first-order chi connectivity index (χ1) is 37.6. The first kappa shape index (κ1) is 47.9. The van der Waals surface area contributed by atoms with E-state index in [1.54, 1.807) is 0 Å². The van der Waals surface area contributed by atoms with E-state index in [0.29, 0.717) is 0 Å². The van der Waals surface area contributed by atoms with Crippen molar-refractivity contribution in [2.45, 2.75) is 84.0 Å². The van der Waals surface area contributed by atoms with E-state index in [-0.39, 0.29) is 23.1 Å². The predicted molar refractivity (Wildman–Crippen MR) is 330 cm³/mol. The van der Waals surface area contributed by atoms with E-state index >= 15 is 0 Å². The average molecular weight is 1010 g/mol. The molecule has 0 atom stereocenters. The summed E-state index contributed by atoms with van der Waals surface area (Å²) in [6.07, 6.45) is 0. The lowest BCUT2D eigenvalue weighted by Gasteiger charge is -2.52. The van der Waals surface area contributed by atoms with Gasteiger partial charge in [-0.3, -0.25) is 0 Å². The van der Waals surface area contributed by atoms with Gasteiger partial charge in [0.2, 0.25) is 0 Å². The SMILES string of the molecule is CC(C)(C)c1ccc(N2B3c4cccc5c4N(c4ccccc4C5(c4ccccc4)c4ccccc4)c4c3c(cc3oc5ccccc5c43)-c3cc(N(c4ccc(C(C)(C)C)cc4)c4ccc(C(C)(C)C)cc4)ccc32)cc1. The van der Waals surface area contributed by atoms with Crippen LogP contribution in [0, 0.1) is 0 Å². The molecule has 4 nitrogen and oxygen atoms in total. The molecule has 3 aliphatic rings. The second kappa shape index (κ2) is 17.2. The Morgan fingerprint density at radius 1 is 0.423 bits per heavy atom. The summed E-state index contributed by atoms with van der Waals surface area (Å²) in [4.78, 5) is 7.74. The molecule has 3 aliphatic heterocycles. The van der Waals surface area contributed by atoms with Crippen LogP contribution < -0.4 is 25.5 Å². The van der Waals surface area contributed by atoms with Crippen molar-refractivity contribution in [3.05, 3.63) is 263 Å². The number of anilines is 8. The fourth-order valence-electron chi connectivity index (χ4n) is 13.3. The van der Waals surface area contributed by atoms with E-state index in [0.717, 1.165) is 61.6 Å². The van der Waals surface area contributed by atoms with Gasteiger partial charge in [0.15, 0.2) is 0 Å². The monoisotopic (exact) mass is 1010 g/mol. The second-order valence-corrected chi connectivity index (χ2v) is 24.9. The molecule has 5 heteroatoms. The van der Waals surface area contributed by atoms with Gasteiger partial charge in [0.25, 0.3) is 0 Å². The molecular formula is C73H64BN3O. The van der Waals surface area contributed by atoms with Gasteiger partial charge in [0.1, 0.15) is 11.2 Å². The van der Waals surface area contributed by atoms with Crippen molar-refractivity contribution in [1.29, 1.82) is 0 Å². The van der Waals surface area contributed by atoms with E-state index < -0.39 is 5.41 Å². The van der Waals surface area contributed by atoms with Gasteiger partial charge in [-0.05, 0) is 144 Å². The molecule has 78 heavy (non-hydrogen) atoms. The fraction of sp³-hybridized carbons (Fsp3) is 0.178. The number of nitrogens with zero attached hydrogens (tertiary/aromatic N) is 3. The van der Waals surface area contributed by atoms with Crippen LogP contribution in [0.1, 0.15) is 101 Å². The highest BCUT2D eigenvalue weighted by molar-refractivity contribution is 6.94. The van der Waals surface area contributed by atoms with E-state index in [9.17, 15) is 0 Å². The Kier molecular flexibility index (Phi) is 10.6. The molecule has 0 unspecified atom stereocenters. The minimum atomic E-state index is -0.645. The Bertz CT molecular complexity index is 4040. The topological polar surface area (TPSA) is 22.9 Å². The highest BCUT2D eigenvalue weighted by Crippen LogP contribution is 2.61. The lowest BCUT2D eigenvalue weighted by atomic mass is 9.42. The van der Waals surface area contributed by atoms with Crippen molar-refractivity contribution in [3.8, 4) is 11.1 Å². The summed E-state index contributed by atoms with van der Waals surface area (Å²) in [5.74, 6) is 0. The van der Waals surface area contributed by atoms with Crippen molar-refractivity contribution in [2.24, 2.45) is 0 Å². The van der Waals surface area contributed by atoms with E-state index in [1.165, 1.54) is 66.8 Å². The molecule has 0 saturated heterocycles. The van der Waals surface area contributed by atoms with Crippen LogP contribution in [0.25, 0.3) is 33.1 Å². The van der Waals surface area contributed by atoms with Gasteiger partial charge in [-0.25, -0.2) is 0 Å². The standard InChI is InChI=1S/C73H64BN3O/c1-70(2,3)47-31-37-52(38-32-47)75(53-39-33-48(34-40-53)71(4,5)6)55-43-44-62-57(45-55)58-46-65-66(56-25-16-19-30-64(56)78-65)69-67(58)74(77(62)54-41-35-49(36-42-54)72(7,8)9)61-28-20-27-60-68(61)76(69)63-29-18-17-26-59(63)73(60,50-21-12-10-13-22-50)51-23-14-11-15-24-51/h10-46H,1-9H3. The van der Waals surface area contributed by atoms with Crippen LogP contribution in [0.4, 0.5) is 45.5 Å².